The van der Waals surface area contributed by atoms with Gasteiger partial charge in [0, 0.05) is 35.9 Å². The van der Waals surface area contributed by atoms with Gasteiger partial charge in [-0.25, -0.2) is 4.98 Å². The Kier molecular flexibility index (Phi) is 3.92. The summed E-state index contributed by atoms with van der Waals surface area (Å²) in [6.45, 7) is 0. The summed E-state index contributed by atoms with van der Waals surface area (Å²) >= 11 is 0. The minimum Gasteiger partial charge on any atom is -0.508 e. The first-order valence-electron chi connectivity index (χ1n) is 7.92. The van der Waals surface area contributed by atoms with Gasteiger partial charge in [0.15, 0.2) is 0 Å². The Morgan fingerprint density at radius 2 is 1.16 bits per heavy atom. The third-order valence-corrected chi connectivity index (χ3v) is 3.94. The molecule has 0 aliphatic rings. The third-order valence-electron chi connectivity index (χ3n) is 3.94. The van der Waals surface area contributed by atoms with Crippen LogP contribution < -0.4 is 0 Å². The highest BCUT2D eigenvalue weighted by molar-refractivity contribution is 5.76. The Morgan fingerprint density at radius 3 is 1.64 bits per heavy atom. The number of aromatic nitrogens is 3. The minimum absolute atomic E-state index is 0.248. The standard InChI is InChI=1S/C21H15N3O/c25-19-7-5-15(6-8-19)18-11-20(16-3-1-9-22-13-16)24-21(12-18)17-4-2-10-23-14-17/h1-14,25H. The average Bonchev–Trinajstić information content (AvgIpc) is 2.69. The molecule has 25 heavy (non-hydrogen) atoms. The van der Waals surface area contributed by atoms with E-state index >= 15 is 0 Å². The third kappa shape index (κ3) is 3.23. The van der Waals surface area contributed by atoms with Crippen molar-refractivity contribution in [1.29, 1.82) is 0 Å². The highest BCUT2D eigenvalue weighted by Gasteiger charge is 2.09. The van der Waals surface area contributed by atoms with Gasteiger partial charge >= 0.3 is 0 Å². The zero-order valence-electron chi connectivity index (χ0n) is 13.4. The van der Waals surface area contributed by atoms with Crippen molar-refractivity contribution in [3.05, 3.63) is 85.5 Å². The number of phenols is 1. The SMILES string of the molecule is Oc1ccc(-c2cc(-c3cccnc3)nc(-c3cccnc3)c2)cc1. The van der Waals surface area contributed by atoms with E-state index in [0.717, 1.165) is 33.6 Å². The molecule has 0 bridgehead atoms. The number of pyridine rings is 3. The van der Waals surface area contributed by atoms with Crippen molar-refractivity contribution < 1.29 is 5.11 Å². The summed E-state index contributed by atoms with van der Waals surface area (Å²) in [7, 11) is 0. The first-order valence-corrected chi connectivity index (χ1v) is 7.92. The van der Waals surface area contributed by atoms with Gasteiger partial charge in [-0.05, 0) is 59.7 Å². The average molecular weight is 325 g/mol. The molecule has 4 heteroatoms. The molecular formula is C21H15N3O. The van der Waals surface area contributed by atoms with Crippen molar-refractivity contribution in [3.63, 3.8) is 0 Å². The molecule has 0 saturated carbocycles. The summed E-state index contributed by atoms with van der Waals surface area (Å²) in [5.41, 5.74) is 5.62. The topological polar surface area (TPSA) is 58.9 Å². The van der Waals surface area contributed by atoms with E-state index in [1.165, 1.54) is 0 Å². The van der Waals surface area contributed by atoms with Gasteiger partial charge in [-0.15, -0.1) is 0 Å². The Hall–Kier alpha value is -3.53. The van der Waals surface area contributed by atoms with Crippen LogP contribution in [0.2, 0.25) is 0 Å². The molecule has 0 radical (unpaired) electrons. The number of rotatable bonds is 3. The normalized spacial score (nSPS) is 10.6. The van der Waals surface area contributed by atoms with Crippen molar-refractivity contribution in [2.75, 3.05) is 0 Å². The van der Waals surface area contributed by atoms with Crippen LogP contribution in [0.4, 0.5) is 0 Å². The van der Waals surface area contributed by atoms with Crippen molar-refractivity contribution in [2.24, 2.45) is 0 Å². The summed E-state index contributed by atoms with van der Waals surface area (Å²) in [5, 5.41) is 9.54. The lowest BCUT2D eigenvalue weighted by Gasteiger charge is -2.10. The molecule has 120 valence electrons. The molecule has 0 fully saturated rings. The Bertz CT molecular complexity index is 927. The quantitative estimate of drug-likeness (QED) is 0.599. The Labute approximate surface area is 145 Å². The first-order chi connectivity index (χ1) is 12.3. The molecule has 4 nitrogen and oxygen atoms in total. The molecule has 0 aliphatic carbocycles. The van der Waals surface area contributed by atoms with E-state index in [1.807, 2.05) is 48.5 Å². The number of aromatic hydroxyl groups is 1. The maximum Gasteiger partial charge on any atom is 0.115 e. The van der Waals surface area contributed by atoms with Gasteiger partial charge in [0.05, 0.1) is 11.4 Å². The van der Waals surface area contributed by atoms with E-state index in [2.05, 4.69) is 9.97 Å². The molecule has 0 spiro atoms. The van der Waals surface area contributed by atoms with Gasteiger partial charge in [0.25, 0.3) is 0 Å². The fraction of sp³-hybridized carbons (Fsp3) is 0. The van der Waals surface area contributed by atoms with Gasteiger partial charge in [-0.3, -0.25) is 9.97 Å². The van der Waals surface area contributed by atoms with E-state index in [9.17, 15) is 5.11 Å². The zero-order chi connectivity index (χ0) is 17.1. The van der Waals surface area contributed by atoms with Crippen LogP contribution >= 0.6 is 0 Å². The molecule has 4 aromatic rings. The van der Waals surface area contributed by atoms with Gasteiger partial charge in [0.2, 0.25) is 0 Å². The summed E-state index contributed by atoms with van der Waals surface area (Å²) in [6, 6.07) is 19.0. The molecule has 0 amide bonds. The smallest absolute Gasteiger partial charge is 0.115 e. The monoisotopic (exact) mass is 325 g/mol. The van der Waals surface area contributed by atoms with Gasteiger partial charge < -0.3 is 5.11 Å². The highest BCUT2D eigenvalue weighted by atomic mass is 16.3. The van der Waals surface area contributed by atoms with Crippen molar-refractivity contribution >= 4 is 0 Å². The fourth-order valence-electron chi connectivity index (χ4n) is 2.68. The number of phenolic OH excluding ortho intramolecular Hbond substituents is 1. The molecule has 0 aliphatic heterocycles. The highest BCUT2D eigenvalue weighted by Crippen LogP contribution is 2.30. The van der Waals surface area contributed by atoms with E-state index < -0.39 is 0 Å². The molecule has 3 aromatic heterocycles. The number of hydrogen-bond acceptors (Lipinski definition) is 4. The first kappa shape index (κ1) is 15.0. The molecule has 1 N–H and O–H groups in total. The summed E-state index contributed by atoms with van der Waals surface area (Å²) in [6.07, 6.45) is 7.09. The molecule has 4 rings (SSSR count). The van der Waals surface area contributed by atoms with Crippen LogP contribution in [0.1, 0.15) is 0 Å². The molecule has 0 unspecified atom stereocenters. The van der Waals surface area contributed by atoms with Crippen LogP contribution in [0, 0.1) is 0 Å². The lowest BCUT2D eigenvalue weighted by Crippen LogP contribution is -1.91. The van der Waals surface area contributed by atoms with E-state index in [1.54, 1.807) is 36.9 Å². The van der Waals surface area contributed by atoms with Crippen LogP contribution in [0.5, 0.6) is 5.75 Å². The van der Waals surface area contributed by atoms with Crippen LogP contribution in [0.3, 0.4) is 0 Å². The summed E-state index contributed by atoms with van der Waals surface area (Å²) in [4.78, 5) is 13.2. The van der Waals surface area contributed by atoms with Gasteiger partial charge in [0.1, 0.15) is 5.75 Å². The Morgan fingerprint density at radius 1 is 0.600 bits per heavy atom. The number of nitrogens with zero attached hydrogens (tertiary/aromatic N) is 3. The van der Waals surface area contributed by atoms with E-state index in [-0.39, 0.29) is 5.75 Å². The molecular weight excluding hydrogens is 310 g/mol. The number of hydrogen-bond donors (Lipinski definition) is 1. The predicted octanol–water partition coefficient (Wildman–Crippen LogP) is 4.58. The second-order valence-electron chi connectivity index (χ2n) is 5.66. The Balaban J connectivity index is 1.90. The number of benzene rings is 1. The molecule has 0 atom stereocenters. The second-order valence-corrected chi connectivity index (χ2v) is 5.66. The van der Waals surface area contributed by atoms with Crippen molar-refractivity contribution in [3.8, 4) is 39.4 Å². The second kappa shape index (κ2) is 6.53. The molecule has 3 heterocycles. The van der Waals surface area contributed by atoms with E-state index in [4.69, 9.17) is 4.98 Å². The maximum atomic E-state index is 9.54. The van der Waals surface area contributed by atoms with Crippen molar-refractivity contribution in [1.82, 2.24) is 15.0 Å². The maximum absolute atomic E-state index is 9.54. The van der Waals surface area contributed by atoms with Crippen LogP contribution in [0.15, 0.2) is 85.5 Å². The predicted molar refractivity (Wildman–Crippen MR) is 97.8 cm³/mol. The molecule has 0 saturated heterocycles. The zero-order valence-corrected chi connectivity index (χ0v) is 13.4. The lowest BCUT2D eigenvalue weighted by atomic mass is 10.0. The van der Waals surface area contributed by atoms with Crippen LogP contribution in [-0.2, 0) is 0 Å². The van der Waals surface area contributed by atoms with Crippen LogP contribution in [-0.4, -0.2) is 20.1 Å². The largest absolute Gasteiger partial charge is 0.508 e. The fourth-order valence-corrected chi connectivity index (χ4v) is 2.68. The van der Waals surface area contributed by atoms with Gasteiger partial charge in [-0.1, -0.05) is 12.1 Å². The lowest BCUT2D eigenvalue weighted by molar-refractivity contribution is 0.475. The minimum atomic E-state index is 0.248. The van der Waals surface area contributed by atoms with Gasteiger partial charge in [-0.2, -0.15) is 0 Å². The van der Waals surface area contributed by atoms with E-state index in [0.29, 0.717) is 0 Å². The molecule has 1 aromatic carbocycles. The summed E-state index contributed by atoms with van der Waals surface area (Å²) in [5.74, 6) is 0.248. The van der Waals surface area contributed by atoms with Crippen LogP contribution in [0.25, 0.3) is 33.6 Å². The van der Waals surface area contributed by atoms with Crippen molar-refractivity contribution in [2.45, 2.75) is 0 Å². The summed E-state index contributed by atoms with van der Waals surface area (Å²) < 4.78 is 0.